The smallest absolute Gasteiger partial charge is 0.282 e. The van der Waals surface area contributed by atoms with Crippen LogP contribution in [0.1, 0.15) is 43.0 Å². The fourth-order valence-corrected chi connectivity index (χ4v) is 4.18. The molecule has 0 aliphatic carbocycles. The molecule has 0 aliphatic rings. The van der Waals surface area contributed by atoms with Crippen LogP contribution in [-0.4, -0.2) is 26.5 Å². The van der Waals surface area contributed by atoms with Gasteiger partial charge in [-0.15, -0.1) is 0 Å². The van der Waals surface area contributed by atoms with Crippen molar-refractivity contribution in [2.45, 2.75) is 47.1 Å². The molecule has 0 aliphatic heterocycles. The van der Waals surface area contributed by atoms with Gasteiger partial charge in [-0.3, -0.25) is 4.79 Å². The van der Waals surface area contributed by atoms with E-state index in [9.17, 15) is 4.79 Å². The van der Waals surface area contributed by atoms with Gasteiger partial charge in [0.25, 0.3) is 5.56 Å². The molecule has 0 fully saturated rings. The summed E-state index contributed by atoms with van der Waals surface area (Å²) >= 11 is 3.42. The summed E-state index contributed by atoms with van der Waals surface area (Å²) in [5.41, 5.74) is 4.56. The van der Waals surface area contributed by atoms with Gasteiger partial charge in [0.15, 0.2) is 0 Å². The Bertz CT molecular complexity index is 1400. The van der Waals surface area contributed by atoms with E-state index in [-0.39, 0.29) is 11.7 Å². The lowest BCUT2D eigenvalue weighted by molar-refractivity contribution is 0.217. The van der Waals surface area contributed by atoms with Crippen molar-refractivity contribution in [3.8, 4) is 11.4 Å². The van der Waals surface area contributed by atoms with Crippen LogP contribution in [0.2, 0.25) is 0 Å². The van der Waals surface area contributed by atoms with E-state index in [4.69, 9.17) is 4.74 Å². The second-order valence-corrected chi connectivity index (χ2v) is 9.09. The van der Waals surface area contributed by atoms with Crippen molar-refractivity contribution >= 4 is 33.0 Å². The summed E-state index contributed by atoms with van der Waals surface area (Å²) in [5, 5.41) is 5.01. The maximum Gasteiger partial charge on any atom is 0.282 e. The van der Waals surface area contributed by atoms with Gasteiger partial charge >= 0.3 is 0 Å². The van der Waals surface area contributed by atoms with Crippen LogP contribution in [0.5, 0.6) is 5.75 Å². The zero-order valence-corrected chi connectivity index (χ0v) is 21.0. The van der Waals surface area contributed by atoms with E-state index >= 15 is 0 Å². The highest BCUT2D eigenvalue weighted by Gasteiger charge is 2.12. The Morgan fingerprint density at radius 1 is 1.12 bits per heavy atom. The number of aromatic nitrogens is 3. The fourth-order valence-electron chi connectivity index (χ4n) is 3.82. The highest BCUT2D eigenvalue weighted by Crippen LogP contribution is 2.23. The van der Waals surface area contributed by atoms with Gasteiger partial charge < -0.3 is 9.30 Å². The second kappa shape index (κ2) is 9.35. The highest BCUT2D eigenvalue weighted by atomic mass is 79.9. The minimum Gasteiger partial charge on any atom is -0.491 e. The molecule has 1 atom stereocenters. The molecule has 2 heterocycles. The largest absolute Gasteiger partial charge is 0.491 e. The first kappa shape index (κ1) is 23.0. The molecule has 7 heteroatoms. The van der Waals surface area contributed by atoms with Gasteiger partial charge in [0, 0.05) is 27.1 Å². The standard InChI is InChI=1S/C26H27BrN4O2/c1-6-17(3)33-23-10-8-22(9-11-23)30-16(2)13-20(18(30)4)15-28-31-19(5)29-25-12-7-21(27)14-24(25)26(31)32/h7-15,17H,6H2,1-5H3/t17-/m1/s1. The number of benzene rings is 2. The number of ether oxygens (including phenoxy) is 1. The predicted octanol–water partition coefficient (Wildman–Crippen LogP) is 5.93. The topological polar surface area (TPSA) is 61.4 Å². The van der Waals surface area contributed by atoms with Crippen LogP contribution in [0.3, 0.4) is 0 Å². The summed E-state index contributed by atoms with van der Waals surface area (Å²) < 4.78 is 10.2. The van der Waals surface area contributed by atoms with Crippen LogP contribution in [0.25, 0.3) is 16.6 Å². The average molecular weight is 507 g/mol. The number of hydrogen-bond acceptors (Lipinski definition) is 4. The minimum atomic E-state index is -0.194. The van der Waals surface area contributed by atoms with Gasteiger partial charge in [-0.1, -0.05) is 22.9 Å². The Kier molecular flexibility index (Phi) is 6.51. The van der Waals surface area contributed by atoms with Crippen molar-refractivity contribution in [1.29, 1.82) is 0 Å². The van der Waals surface area contributed by atoms with Gasteiger partial charge in [0.1, 0.15) is 11.6 Å². The lowest BCUT2D eigenvalue weighted by Crippen LogP contribution is -2.20. The maximum absolute atomic E-state index is 13.0. The molecule has 0 saturated carbocycles. The summed E-state index contributed by atoms with van der Waals surface area (Å²) in [5.74, 6) is 1.40. The molecule has 0 radical (unpaired) electrons. The van der Waals surface area contributed by atoms with Gasteiger partial charge in [0.2, 0.25) is 0 Å². The molecule has 4 rings (SSSR count). The predicted molar refractivity (Wildman–Crippen MR) is 137 cm³/mol. The van der Waals surface area contributed by atoms with Crippen LogP contribution in [0.15, 0.2) is 62.9 Å². The fraction of sp³-hybridized carbons (Fsp3) is 0.269. The molecule has 2 aromatic heterocycles. The number of aryl methyl sites for hydroxylation is 2. The number of hydrogen-bond donors (Lipinski definition) is 0. The van der Waals surface area contributed by atoms with Gasteiger partial charge in [-0.2, -0.15) is 9.78 Å². The summed E-state index contributed by atoms with van der Waals surface area (Å²) in [4.78, 5) is 17.5. The van der Waals surface area contributed by atoms with Crippen LogP contribution >= 0.6 is 15.9 Å². The molecular weight excluding hydrogens is 480 g/mol. The van der Waals surface area contributed by atoms with Crippen molar-refractivity contribution < 1.29 is 4.74 Å². The normalized spacial score (nSPS) is 12.5. The SMILES string of the molecule is CC[C@@H](C)Oc1ccc(-n2c(C)cc(C=Nn3c(C)nc4ccc(Br)cc4c3=O)c2C)cc1. The molecule has 0 amide bonds. The third-order valence-electron chi connectivity index (χ3n) is 5.76. The average Bonchev–Trinajstić information content (AvgIpc) is 3.07. The highest BCUT2D eigenvalue weighted by molar-refractivity contribution is 9.10. The first-order valence-electron chi connectivity index (χ1n) is 11.0. The van der Waals surface area contributed by atoms with Crippen LogP contribution < -0.4 is 10.3 Å². The van der Waals surface area contributed by atoms with E-state index in [1.54, 1.807) is 19.2 Å². The van der Waals surface area contributed by atoms with Gasteiger partial charge in [-0.25, -0.2) is 4.98 Å². The van der Waals surface area contributed by atoms with E-state index in [0.717, 1.165) is 39.3 Å². The van der Waals surface area contributed by atoms with E-state index in [1.807, 2.05) is 31.2 Å². The molecule has 2 aromatic carbocycles. The number of fused-ring (bicyclic) bond motifs is 1. The molecule has 170 valence electrons. The number of rotatable bonds is 6. The minimum absolute atomic E-state index is 0.186. The summed E-state index contributed by atoms with van der Waals surface area (Å²) in [6, 6.07) is 15.6. The Labute approximate surface area is 201 Å². The third-order valence-corrected chi connectivity index (χ3v) is 6.25. The van der Waals surface area contributed by atoms with Crippen molar-refractivity contribution in [3.05, 3.63) is 86.1 Å². The molecule has 0 unspecified atom stereocenters. The van der Waals surface area contributed by atoms with Crippen molar-refractivity contribution in [3.63, 3.8) is 0 Å². The molecule has 0 spiro atoms. The van der Waals surface area contributed by atoms with Crippen molar-refractivity contribution in [2.24, 2.45) is 5.10 Å². The molecule has 0 bridgehead atoms. The zero-order valence-electron chi connectivity index (χ0n) is 19.5. The van der Waals surface area contributed by atoms with Gasteiger partial charge in [-0.05, 0) is 82.6 Å². The van der Waals surface area contributed by atoms with E-state index in [2.05, 4.69) is 69.6 Å². The quantitative estimate of drug-likeness (QED) is 0.304. The molecule has 0 N–H and O–H groups in total. The first-order valence-corrected chi connectivity index (χ1v) is 11.8. The third kappa shape index (κ3) is 4.64. The first-order chi connectivity index (χ1) is 15.8. The van der Waals surface area contributed by atoms with Crippen LogP contribution in [-0.2, 0) is 0 Å². The van der Waals surface area contributed by atoms with Crippen molar-refractivity contribution in [2.75, 3.05) is 0 Å². The molecule has 6 nitrogen and oxygen atoms in total. The molecule has 0 saturated heterocycles. The van der Waals surface area contributed by atoms with E-state index in [0.29, 0.717) is 16.7 Å². The van der Waals surface area contributed by atoms with Crippen molar-refractivity contribution in [1.82, 2.24) is 14.2 Å². The van der Waals surface area contributed by atoms with Crippen LogP contribution in [0.4, 0.5) is 0 Å². The summed E-state index contributed by atoms with van der Waals surface area (Å²) in [6.07, 6.45) is 2.87. The zero-order chi connectivity index (χ0) is 23.7. The lowest BCUT2D eigenvalue weighted by Gasteiger charge is -2.14. The summed E-state index contributed by atoms with van der Waals surface area (Å²) in [7, 11) is 0. The Balaban J connectivity index is 1.67. The monoisotopic (exact) mass is 506 g/mol. The Morgan fingerprint density at radius 2 is 1.85 bits per heavy atom. The second-order valence-electron chi connectivity index (χ2n) is 8.17. The van der Waals surface area contributed by atoms with E-state index in [1.165, 1.54) is 4.68 Å². The molecule has 4 aromatic rings. The number of halogens is 1. The molecular formula is C26H27BrN4O2. The lowest BCUT2D eigenvalue weighted by atomic mass is 10.2. The summed E-state index contributed by atoms with van der Waals surface area (Å²) in [6.45, 7) is 10.1. The van der Waals surface area contributed by atoms with Crippen LogP contribution in [0, 0.1) is 20.8 Å². The maximum atomic E-state index is 13.0. The van der Waals surface area contributed by atoms with Gasteiger partial charge in [0.05, 0.1) is 23.2 Å². The molecule has 33 heavy (non-hydrogen) atoms. The number of nitrogens with zero attached hydrogens (tertiary/aromatic N) is 4. The Morgan fingerprint density at radius 3 is 2.55 bits per heavy atom. The Hall–Kier alpha value is -3.19. The van der Waals surface area contributed by atoms with E-state index < -0.39 is 0 Å².